The van der Waals surface area contributed by atoms with E-state index in [9.17, 15) is 13.6 Å². The summed E-state index contributed by atoms with van der Waals surface area (Å²) in [6.07, 6.45) is 0. The molecule has 0 aliphatic heterocycles. The monoisotopic (exact) mass is 242 g/mol. The molecule has 0 spiro atoms. The fourth-order valence-electron chi connectivity index (χ4n) is 1.17. The van der Waals surface area contributed by atoms with Gasteiger partial charge in [-0.15, -0.1) is 0 Å². The molecule has 3 N–H and O–H groups in total. The highest BCUT2D eigenvalue weighted by molar-refractivity contribution is 5.94. The van der Waals surface area contributed by atoms with Crippen molar-refractivity contribution in [3.8, 4) is 0 Å². The molecular weight excluding hydrogens is 226 g/mol. The lowest BCUT2D eigenvalue weighted by Gasteiger charge is -2.22. The number of amides is 1. The molecule has 1 aromatic carbocycles. The number of rotatable bonds is 4. The summed E-state index contributed by atoms with van der Waals surface area (Å²) in [5.74, 6) is -2.80. The molecule has 94 valence electrons. The zero-order valence-corrected chi connectivity index (χ0v) is 9.89. The Labute approximate surface area is 99.0 Å². The molecule has 1 amide bonds. The van der Waals surface area contributed by atoms with Crippen LogP contribution in [-0.2, 0) is 0 Å². The van der Waals surface area contributed by atoms with Gasteiger partial charge < -0.3 is 11.1 Å². The van der Waals surface area contributed by atoms with Gasteiger partial charge in [-0.05, 0) is 24.1 Å². The molecule has 0 heterocycles. The van der Waals surface area contributed by atoms with Gasteiger partial charge in [-0.25, -0.2) is 8.78 Å². The molecule has 0 bridgehead atoms. The molecular formula is C12H16F2N2O. The number of hydrogen-bond acceptors (Lipinski definition) is 2. The van der Waals surface area contributed by atoms with Crippen molar-refractivity contribution in [3.05, 3.63) is 35.4 Å². The third kappa shape index (κ3) is 3.49. The number of carbonyl (C=O) groups is 1. The highest BCUT2D eigenvalue weighted by Crippen LogP contribution is 2.13. The van der Waals surface area contributed by atoms with E-state index in [2.05, 4.69) is 5.32 Å². The molecule has 0 atom stereocenters. The van der Waals surface area contributed by atoms with Gasteiger partial charge in [-0.1, -0.05) is 19.9 Å². The molecule has 0 saturated heterocycles. The third-order valence-corrected chi connectivity index (χ3v) is 2.48. The maximum Gasteiger partial charge on any atom is 0.254 e. The molecule has 0 fully saturated rings. The van der Waals surface area contributed by atoms with Crippen molar-refractivity contribution >= 4 is 5.91 Å². The lowest BCUT2D eigenvalue weighted by molar-refractivity contribution is 0.0933. The van der Waals surface area contributed by atoms with Crippen molar-refractivity contribution in [2.75, 3.05) is 13.1 Å². The van der Waals surface area contributed by atoms with Gasteiger partial charge in [-0.3, -0.25) is 4.79 Å². The minimum Gasteiger partial charge on any atom is -0.351 e. The highest BCUT2D eigenvalue weighted by Gasteiger charge is 2.19. The SMILES string of the molecule is CC(C)(CN)CNC(=O)c1cccc(F)c1F. The maximum atomic E-state index is 13.3. The molecule has 1 rings (SSSR count). The molecule has 0 aromatic heterocycles. The maximum absolute atomic E-state index is 13.3. The quantitative estimate of drug-likeness (QED) is 0.844. The fourth-order valence-corrected chi connectivity index (χ4v) is 1.17. The molecule has 0 unspecified atom stereocenters. The predicted molar refractivity (Wildman–Crippen MR) is 61.5 cm³/mol. The van der Waals surface area contributed by atoms with Gasteiger partial charge in [0.15, 0.2) is 11.6 Å². The number of benzene rings is 1. The van der Waals surface area contributed by atoms with Crippen LogP contribution in [0.2, 0.25) is 0 Å². The van der Waals surface area contributed by atoms with Gasteiger partial charge in [-0.2, -0.15) is 0 Å². The van der Waals surface area contributed by atoms with Crippen molar-refractivity contribution in [2.24, 2.45) is 11.1 Å². The Morgan fingerprint density at radius 1 is 1.41 bits per heavy atom. The van der Waals surface area contributed by atoms with E-state index in [4.69, 9.17) is 5.73 Å². The van der Waals surface area contributed by atoms with Crippen LogP contribution in [0, 0.1) is 17.0 Å². The van der Waals surface area contributed by atoms with Crippen molar-refractivity contribution in [1.29, 1.82) is 0 Å². The standard InChI is InChI=1S/C12H16F2N2O/c1-12(2,6-15)7-16-11(17)8-4-3-5-9(13)10(8)14/h3-5H,6-7,15H2,1-2H3,(H,16,17). The van der Waals surface area contributed by atoms with Gasteiger partial charge >= 0.3 is 0 Å². The van der Waals surface area contributed by atoms with E-state index >= 15 is 0 Å². The van der Waals surface area contributed by atoms with Crippen molar-refractivity contribution in [1.82, 2.24) is 5.32 Å². The molecule has 0 saturated carbocycles. The van der Waals surface area contributed by atoms with Crippen molar-refractivity contribution in [3.63, 3.8) is 0 Å². The average Bonchev–Trinajstić information content (AvgIpc) is 2.30. The lowest BCUT2D eigenvalue weighted by atomic mass is 9.94. The van der Waals surface area contributed by atoms with Crippen molar-refractivity contribution in [2.45, 2.75) is 13.8 Å². The Bertz CT molecular complexity index is 419. The van der Waals surface area contributed by atoms with Crippen LogP contribution in [0.3, 0.4) is 0 Å². The van der Waals surface area contributed by atoms with E-state index in [-0.39, 0.29) is 11.0 Å². The predicted octanol–water partition coefficient (Wildman–Crippen LogP) is 1.68. The van der Waals surface area contributed by atoms with Crippen LogP contribution in [-0.4, -0.2) is 19.0 Å². The van der Waals surface area contributed by atoms with Gasteiger partial charge in [0.2, 0.25) is 0 Å². The van der Waals surface area contributed by atoms with Gasteiger partial charge in [0, 0.05) is 6.54 Å². The third-order valence-electron chi connectivity index (χ3n) is 2.48. The highest BCUT2D eigenvalue weighted by atomic mass is 19.2. The van der Waals surface area contributed by atoms with Crippen LogP contribution in [0.4, 0.5) is 8.78 Å². The lowest BCUT2D eigenvalue weighted by Crippen LogP contribution is -2.38. The first-order valence-electron chi connectivity index (χ1n) is 5.30. The number of hydrogen-bond donors (Lipinski definition) is 2. The largest absolute Gasteiger partial charge is 0.351 e. The second-order valence-corrected chi connectivity index (χ2v) is 4.65. The minimum absolute atomic E-state index is 0.278. The minimum atomic E-state index is -1.13. The first-order chi connectivity index (χ1) is 7.87. The Morgan fingerprint density at radius 2 is 2.06 bits per heavy atom. The molecule has 0 radical (unpaired) electrons. The van der Waals surface area contributed by atoms with Crippen LogP contribution >= 0.6 is 0 Å². The summed E-state index contributed by atoms with van der Waals surface area (Å²) in [5, 5.41) is 2.53. The molecule has 0 aliphatic rings. The number of halogens is 2. The zero-order valence-electron chi connectivity index (χ0n) is 9.89. The summed E-state index contributed by atoms with van der Waals surface area (Å²) in [6.45, 7) is 4.43. The number of carbonyl (C=O) groups excluding carboxylic acids is 1. The summed E-state index contributed by atoms with van der Waals surface area (Å²) in [7, 11) is 0. The topological polar surface area (TPSA) is 55.1 Å². The van der Waals surface area contributed by atoms with Gasteiger partial charge in [0.1, 0.15) is 0 Å². The number of nitrogens with two attached hydrogens (primary N) is 1. The smallest absolute Gasteiger partial charge is 0.254 e. The second kappa shape index (κ2) is 5.23. The Morgan fingerprint density at radius 3 is 2.65 bits per heavy atom. The van der Waals surface area contributed by atoms with E-state index in [0.29, 0.717) is 13.1 Å². The average molecular weight is 242 g/mol. The second-order valence-electron chi connectivity index (χ2n) is 4.65. The first-order valence-corrected chi connectivity index (χ1v) is 5.30. The normalized spacial score (nSPS) is 11.4. The van der Waals surface area contributed by atoms with Crippen LogP contribution < -0.4 is 11.1 Å². The summed E-state index contributed by atoms with van der Waals surface area (Å²) < 4.78 is 26.2. The van der Waals surface area contributed by atoms with Gasteiger partial charge in [0.05, 0.1) is 5.56 Å². The number of nitrogens with one attached hydrogen (secondary N) is 1. The van der Waals surface area contributed by atoms with E-state index in [1.165, 1.54) is 12.1 Å². The Hall–Kier alpha value is -1.49. The zero-order chi connectivity index (χ0) is 13.1. The summed E-state index contributed by atoms with van der Waals surface area (Å²) in [6, 6.07) is 3.50. The van der Waals surface area contributed by atoms with E-state index in [1.54, 1.807) is 0 Å². The fraction of sp³-hybridized carbons (Fsp3) is 0.417. The molecule has 1 aromatic rings. The van der Waals surface area contributed by atoms with Crippen LogP contribution in [0.15, 0.2) is 18.2 Å². The summed E-state index contributed by atoms with van der Waals surface area (Å²) in [4.78, 5) is 11.6. The molecule has 0 aliphatic carbocycles. The van der Waals surface area contributed by atoms with Crippen LogP contribution in [0.1, 0.15) is 24.2 Å². The molecule has 17 heavy (non-hydrogen) atoms. The van der Waals surface area contributed by atoms with Gasteiger partial charge in [0.25, 0.3) is 5.91 Å². The van der Waals surface area contributed by atoms with E-state index in [1.807, 2.05) is 13.8 Å². The van der Waals surface area contributed by atoms with E-state index < -0.39 is 17.5 Å². The van der Waals surface area contributed by atoms with Crippen molar-refractivity contribution < 1.29 is 13.6 Å². The molecule has 5 heteroatoms. The summed E-state index contributed by atoms with van der Waals surface area (Å²) >= 11 is 0. The van der Waals surface area contributed by atoms with E-state index in [0.717, 1.165) is 6.07 Å². The first kappa shape index (κ1) is 13.6. The van der Waals surface area contributed by atoms with Crippen LogP contribution in [0.5, 0.6) is 0 Å². The summed E-state index contributed by atoms with van der Waals surface area (Å²) in [5.41, 5.74) is 4.93. The molecule has 3 nitrogen and oxygen atoms in total. The van der Waals surface area contributed by atoms with Crippen LogP contribution in [0.25, 0.3) is 0 Å². The Kier molecular flexibility index (Phi) is 4.17. The Balaban J connectivity index is 2.74.